The van der Waals surface area contributed by atoms with E-state index in [0.717, 1.165) is 10.5 Å². The van der Waals surface area contributed by atoms with Gasteiger partial charge in [0, 0.05) is 21.6 Å². The largest absolute Gasteiger partial charge is 0.389 e. The molecule has 1 amide bonds. The average Bonchev–Trinajstić information content (AvgIpc) is 2.56. The van der Waals surface area contributed by atoms with E-state index < -0.39 is 33.6 Å². The minimum Gasteiger partial charge on any atom is -0.389 e. The fourth-order valence-electron chi connectivity index (χ4n) is 2.35. The van der Waals surface area contributed by atoms with Gasteiger partial charge in [-0.25, -0.2) is 12.8 Å². The Balaban J connectivity index is 2.10. The lowest BCUT2D eigenvalue weighted by atomic mass is 10.1. The molecular formula is C18H19BrFNO4S. The van der Waals surface area contributed by atoms with Crippen LogP contribution in [0.3, 0.4) is 0 Å². The Morgan fingerprint density at radius 3 is 2.38 bits per heavy atom. The van der Waals surface area contributed by atoms with E-state index >= 15 is 0 Å². The van der Waals surface area contributed by atoms with Crippen LogP contribution in [0.25, 0.3) is 0 Å². The Morgan fingerprint density at radius 2 is 1.81 bits per heavy atom. The Hall–Kier alpha value is -1.77. The third-order valence-electron chi connectivity index (χ3n) is 3.80. The molecule has 5 nitrogen and oxygen atoms in total. The summed E-state index contributed by atoms with van der Waals surface area (Å²) in [5.74, 6) is -2.26. The van der Waals surface area contributed by atoms with Crippen molar-refractivity contribution >= 4 is 37.4 Å². The Bertz CT molecular complexity index is 898. The van der Waals surface area contributed by atoms with Crippen LogP contribution in [0.2, 0.25) is 0 Å². The van der Waals surface area contributed by atoms with Crippen LogP contribution < -0.4 is 5.32 Å². The van der Waals surface area contributed by atoms with E-state index in [-0.39, 0.29) is 16.2 Å². The molecule has 2 rings (SSSR count). The van der Waals surface area contributed by atoms with Gasteiger partial charge in [-0.05, 0) is 49.4 Å². The van der Waals surface area contributed by atoms with E-state index in [0.29, 0.717) is 5.69 Å². The molecule has 0 radical (unpaired) electrons. The fourth-order valence-corrected chi connectivity index (χ4v) is 4.17. The Morgan fingerprint density at radius 1 is 1.19 bits per heavy atom. The number of carbonyl (C=O) groups is 1. The second kappa shape index (κ2) is 8.28. The van der Waals surface area contributed by atoms with Crippen LogP contribution in [-0.4, -0.2) is 25.2 Å². The lowest BCUT2D eigenvalue weighted by Gasteiger charge is -2.14. The van der Waals surface area contributed by atoms with Crippen molar-refractivity contribution in [3.8, 4) is 0 Å². The zero-order valence-electron chi connectivity index (χ0n) is 14.2. The predicted octanol–water partition coefficient (Wildman–Crippen LogP) is 3.69. The first-order valence-electron chi connectivity index (χ1n) is 7.87. The maximum absolute atomic E-state index is 13.6. The molecule has 8 heteroatoms. The summed E-state index contributed by atoms with van der Waals surface area (Å²) in [6.07, 6.45) is -1.03. The van der Waals surface area contributed by atoms with Gasteiger partial charge in [0.2, 0.25) is 5.91 Å². The van der Waals surface area contributed by atoms with Crippen LogP contribution in [0.1, 0.15) is 25.5 Å². The second-order valence-corrected chi connectivity index (χ2v) is 8.99. The molecule has 0 fully saturated rings. The van der Waals surface area contributed by atoms with Gasteiger partial charge in [-0.3, -0.25) is 4.79 Å². The zero-order valence-corrected chi connectivity index (χ0v) is 16.6. The first kappa shape index (κ1) is 20.5. The van der Waals surface area contributed by atoms with Crippen LogP contribution in [0.5, 0.6) is 0 Å². The molecule has 140 valence electrons. The highest BCUT2D eigenvalue weighted by Gasteiger charge is 2.23. The number of carbonyl (C=O) groups excluding carboxylic acids is 1. The molecule has 26 heavy (non-hydrogen) atoms. The molecule has 2 atom stereocenters. The standard InChI is InChI=1S/C18H19BrFNO4S/c1-11(10-26(24,25)15-6-3-13(19)4-7-15)18(23)21-14-5-8-17(20)16(9-14)12(2)22/h3-9,11-12,22H,10H2,1-2H3,(H,21,23)/t11-,12-/m0/s1. The molecule has 0 bridgehead atoms. The maximum atomic E-state index is 13.6. The third-order valence-corrected chi connectivity index (χ3v) is 6.26. The highest BCUT2D eigenvalue weighted by Crippen LogP contribution is 2.22. The highest BCUT2D eigenvalue weighted by atomic mass is 79.9. The van der Waals surface area contributed by atoms with Crippen LogP contribution >= 0.6 is 15.9 Å². The molecule has 2 N–H and O–H groups in total. The number of amides is 1. The van der Waals surface area contributed by atoms with Crippen LogP contribution in [0, 0.1) is 11.7 Å². The van der Waals surface area contributed by atoms with Gasteiger partial charge in [0.25, 0.3) is 0 Å². The number of hydrogen-bond acceptors (Lipinski definition) is 4. The zero-order chi connectivity index (χ0) is 19.5. The monoisotopic (exact) mass is 443 g/mol. The molecule has 0 unspecified atom stereocenters. The van der Waals surface area contributed by atoms with Crippen molar-refractivity contribution in [3.63, 3.8) is 0 Å². The average molecular weight is 444 g/mol. The Kier molecular flexibility index (Phi) is 6.54. The SMILES string of the molecule is C[C@H](O)c1cc(NC(=O)[C@@H](C)CS(=O)(=O)c2ccc(Br)cc2)ccc1F. The Labute approximate surface area is 160 Å². The first-order valence-corrected chi connectivity index (χ1v) is 10.3. The summed E-state index contributed by atoms with van der Waals surface area (Å²) in [6, 6.07) is 10.0. The van der Waals surface area contributed by atoms with E-state index in [1.165, 1.54) is 38.1 Å². The number of hydrogen-bond donors (Lipinski definition) is 2. The van der Waals surface area contributed by atoms with Gasteiger partial charge in [0.1, 0.15) is 5.82 Å². The summed E-state index contributed by atoms with van der Waals surface area (Å²) in [7, 11) is -3.62. The normalized spacial score (nSPS) is 13.9. The molecule has 0 aliphatic carbocycles. The molecule has 0 spiro atoms. The smallest absolute Gasteiger partial charge is 0.228 e. The maximum Gasteiger partial charge on any atom is 0.228 e. The summed E-state index contributed by atoms with van der Waals surface area (Å²) < 4.78 is 39.2. The summed E-state index contributed by atoms with van der Waals surface area (Å²) in [5.41, 5.74) is 0.345. The van der Waals surface area contributed by atoms with Crippen LogP contribution in [0.4, 0.5) is 10.1 Å². The number of rotatable bonds is 6. The molecule has 2 aromatic carbocycles. The molecule has 0 heterocycles. The van der Waals surface area contributed by atoms with E-state index in [1.54, 1.807) is 12.1 Å². The van der Waals surface area contributed by atoms with Gasteiger partial charge in [-0.2, -0.15) is 0 Å². The lowest BCUT2D eigenvalue weighted by Crippen LogP contribution is -2.27. The number of anilines is 1. The van der Waals surface area contributed by atoms with Gasteiger partial charge >= 0.3 is 0 Å². The third kappa shape index (κ3) is 5.12. The van der Waals surface area contributed by atoms with Crippen LogP contribution in [0.15, 0.2) is 51.8 Å². The van der Waals surface area contributed by atoms with E-state index in [9.17, 15) is 22.7 Å². The van der Waals surface area contributed by atoms with Gasteiger partial charge in [-0.1, -0.05) is 22.9 Å². The summed E-state index contributed by atoms with van der Waals surface area (Å²) >= 11 is 3.24. The quantitative estimate of drug-likeness (QED) is 0.712. The minimum absolute atomic E-state index is 0.0536. The van der Waals surface area contributed by atoms with Gasteiger partial charge in [0.15, 0.2) is 9.84 Å². The van der Waals surface area contributed by atoms with Crippen molar-refractivity contribution < 1.29 is 22.7 Å². The topological polar surface area (TPSA) is 83.5 Å². The number of sulfone groups is 1. The van der Waals surface area contributed by atoms with Gasteiger partial charge in [0.05, 0.1) is 16.8 Å². The van der Waals surface area contributed by atoms with Crippen molar-refractivity contribution in [3.05, 3.63) is 58.3 Å². The molecule has 0 aliphatic heterocycles. The number of nitrogens with one attached hydrogen (secondary N) is 1. The van der Waals surface area contributed by atoms with E-state index in [1.807, 2.05) is 0 Å². The van der Waals surface area contributed by atoms with Crippen molar-refractivity contribution in [1.29, 1.82) is 0 Å². The van der Waals surface area contributed by atoms with Crippen molar-refractivity contribution in [2.45, 2.75) is 24.8 Å². The molecule has 2 aromatic rings. The highest BCUT2D eigenvalue weighted by molar-refractivity contribution is 9.10. The van der Waals surface area contributed by atoms with E-state index in [4.69, 9.17) is 0 Å². The lowest BCUT2D eigenvalue weighted by molar-refractivity contribution is -0.118. The van der Waals surface area contributed by atoms with Gasteiger partial charge < -0.3 is 10.4 Å². The molecule has 0 saturated heterocycles. The summed E-state index contributed by atoms with van der Waals surface area (Å²) in [4.78, 5) is 12.4. The summed E-state index contributed by atoms with van der Waals surface area (Å²) in [5, 5.41) is 12.1. The van der Waals surface area contributed by atoms with E-state index in [2.05, 4.69) is 21.2 Å². The fraction of sp³-hybridized carbons (Fsp3) is 0.278. The number of halogens is 2. The van der Waals surface area contributed by atoms with Crippen molar-refractivity contribution in [2.75, 3.05) is 11.1 Å². The second-order valence-electron chi connectivity index (χ2n) is 6.04. The number of aliphatic hydroxyl groups is 1. The minimum atomic E-state index is -3.62. The van der Waals surface area contributed by atoms with Crippen LogP contribution in [-0.2, 0) is 14.6 Å². The molecule has 0 saturated carbocycles. The first-order chi connectivity index (χ1) is 12.1. The van der Waals surface area contributed by atoms with Crippen molar-refractivity contribution in [2.24, 2.45) is 5.92 Å². The molecular weight excluding hydrogens is 425 g/mol. The molecule has 0 aromatic heterocycles. The van der Waals surface area contributed by atoms with Crippen molar-refractivity contribution in [1.82, 2.24) is 0 Å². The summed E-state index contributed by atoms with van der Waals surface area (Å²) in [6.45, 7) is 2.92. The number of benzene rings is 2. The van der Waals surface area contributed by atoms with Gasteiger partial charge in [-0.15, -0.1) is 0 Å². The predicted molar refractivity (Wildman–Crippen MR) is 101 cm³/mol. The molecule has 0 aliphatic rings. The number of aliphatic hydroxyl groups excluding tert-OH is 1.